The number of hydrogen-bond acceptors (Lipinski definition) is 4. The molecule has 1 rings (SSSR count). The van der Waals surface area contributed by atoms with E-state index in [1.165, 1.54) is 13.3 Å². The number of rotatable bonds is 3. The second-order valence-corrected chi connectivity index (χ2v) is 4.00. The summed E-state index contributed by atoms with van der Waals surface area (Å²) < 4.78 is 4.36. The number of methoxy groups -OCH3 is 1. The van der Waals surface area contributed by atoms with Crippen LogP contribution in [0.25, 0.3) is 0 Å². The predicted octanol–water partition coefficient (Wildman–Crippen LogP) is 1.94. The van der Waals surface area contributed by atoms with Crippen molar-refractivity contribution < 1.29 is 14.3 Å². The second kappa shape index (κ2) is 6.05. The molecule has 1 aromatic rings. The summed E-state index contributed by atoms with van der Waals surface area (Å²) in [5.74, 6) is -1.23. The number of carbonyl (C=O) groups is 2. The number of nitrogens with zero attached hydrogens (tertiary/aromatic N) is 1. The van der Waals surface area contributed by atoms with Crippen molar-refractivity contribution in [3.63, 3.8) is 0 Å². The van der Waals surface area contributed by atoms with Crippen molar-refractivity contribution >= 4 is 46.7 Å². The average molecular weight is 298 g/mol. The number of esters is 1. The molecule has 1 amide bonds. The van der Waals surface area contributed by atoms with E-state index in [9.17, 15) is 9.59 Å². The van der Waals surface area contributed by atoms with Crippen LogP contribution in [-0.2, 0) is 9.53 Å². The van der Waals surface area contributed by atoms with Crippen molar-refractivity contribution in [2.45, 2.75) is 0 Å². The summed E-state index contributed by atoms with van der Waals surface area (Å²) in [6, 6.07) is 0. The van der Waals surface area contributed by atoms with Gasteiger partial charge in [0.2, 0.25) is 0 Å². The zero-order chi connectivity index (χ0) is 13.0. The van der Waals surface area contributed by atoms with E-state index in [4.69, 9.17) is 34.8 Å². The second-order valence-electron chi connectivity index (χ2n) is 2.84. The van der Waals surface area contributed by atoms with Gasteiger partial charge < -0.3 is 10.1 Å². The number of amides is 1. The van der Waals surface area contributed by atoms with Gasteiger partial charge in [-0.1, -0.05) is 34.8 Å². The van der Waals surface area contributed by atoms with Crippen LogP contribution >= 0.6 is 34.8 Å². The van der Waals surface area contributed by atoms with Gasteiger partial charge in [0.1, 0.15) is 12.2 Å². The maximum atomic E-state index is 11.6. The Morgan fingerprint density at radius 3 is 2.59 bits per heavy atom. The zero-order valence-electron chi connectivity index (χ0n) is 8.59. The van der Waals surface area contributed by atoms with E-state index < -0.39 is 11.9 Å². The number of pyridine rings is 1. The highest BCUT2D eigenvalue weighted by Crippen LogP contribution is 2.30. The summed E-state index contributed by atoms with van der Waals surface area (Å²) in [5.41, 5.74) is -0.107. The van der Waals surface area contributed by atoms with Gasteiger partial charge in [-0.05, 0) is 0 Å². The third kappa shape index (κ3) is 3.46. The molecule has 0 aliphatic heterocycles. The SMILES string of the molecule is COC(=O)CNC(=O)c1ncc(Cl)c(Cl)c1Cl. The molecule has 0 spiro atoms. The molecule has 1 N–H and O–H groups in total. The molecule has 1 aromatic heterocycles. The molecule has 0 atom stereocenters. The van der Waals surface area contributed by atoms with Crippen LogP contribution in [-0.4, -0.2) is 30.5 Å². The Morgan fingerprint density at radius 2 is 2.00 bits per heavy atom. The molecule has 0 aromatic carbocycles. The van der Waals surface area contributed by atoms with E-state index in [2.05, 4.69) is 15.0 Å². The first-order valence-corrected chi connectivity index (χ1v) is 5.45. The molecule has 0 aliphatic rings. The van der Waals surface area contributed by atoms with Gasteiger partial charge in [0.05, 0.1) is 22.2 Å². The van der Waals surface area contributed by atoms with Gasteiger partial charge in [0.15, 0.2) is 0 Å². The maximum Gasteiger partial charge on any atom is 0.325 e. The van der Waals surface area contributed by atoms with Gasteiger partial charge in [-0.2, -0.15) is 0 Å². The molecule has 5 nitrogen and oxygen atoms in total. The molecular formula is C9H7Cl3N2O3. The lowest BCUT2D eigenvalue weighted by atomic mass is 10.3. The van der Waals surface area contributed by atoms with Gasteiger partial charge in [-0.15, -0.1) is 0 Å². The van der Waals surface area contributed by atoms with E-state index in [0.717, 1.165) is 0 Å². The Labute approximate surface area is 112 Å². The summed E-state index contributed by atoms with van der Waals surface area (Å²) in [6.07, 6.45) is 1.20. The van der Waals surface area contributed by atoms with Crippen LogP contribution in [0.1, 0.15) is 10.5 Å². The van der Waals surface area contributed by atoms with E-state index in [1.54, 1.807) is 0 Å². The number of aromatic nitrogens is 1. The third-order valence-electron chi connectivity index (χ3n) is 1.75. The Kier molecular flexibility index (Phi) is 4.99. The highest BCUT2D eigenvalue weighted by atomic mass is 35.5. The number of carbonyl (C=O) groups excluding carboxylic acids is 2. The summed E-state index contributed by atoms with van der Waals surface area (Å²) in [4.78, 5) is 26.1. The topological polar surface area (TPSA) is 68.3 Å². The van der Waals surface area contributed by atoms with Crippen molar-refractivity contribution in [2.24, 2.45) is 0 Å². The Morgan fingerprint density at radius 1 is 1.35 bits per heavy atom. The molecule has 0 unspecified atom stereocenters. The number of nitrogens with one attached hydrogen (secondary N) is 1. The van der Waals surface area contributed by atoms with Crippen LogP contribution in [0.4, 0.5) is 0 Å². The van der Waals surface area contributed by atoms with Gasteiger partial charge in [-0.25, -0.2) is 4.98 Å². The fraction of sp³-hybridized carbons (Fsp3) is 0.222. The minimum atomic E-state index is -0.640. The molecule has 0 fully saturated rings. The predicted molar refractivity (Wildman–Crippen MR) is 63.6 cm³/mol. The quantitative estimate of drug-likeness (QED) is 0.866. The highest BCUT2D eigenvalue weighted by Gasteiger charge is 2.17. The molecule has 0 saturated carbocycles. The fourth-order valence-corrected chi connectivity index (χ4v) is 1.48. The third-order valence-corrected chi connectivity index (χ3v) is 2.99. The van der Waals surface area contributed by atoms with Crippen LogP contribution < -0.4 is 5.32 Å². The van der Waals surface area contributed by atoms with E-state index >= 15 is 0 Å². The molecule has 1 heterocycles. The number of halogens is 3. The largest absolute Gasteiger partial charge is 0.468 e. The van der Waals surface area contributed by atoms with Gasteiger partial charge in [0.25, 0.3) is 5.91 Å². The standard InChI is InChI=1S/C9H7Cl3N2O3/c1-17-5(15)3-14-9(16)8-7(12)6(11)4(10)2-13-8/h2H,3H2,1H3,(H,14,16). The van der Waals surface area contributed by atoms with Crippen LogP contribution in [0, 0.1) is 0 Å². The summed E-state index contributed by atoms with van der Waals surface area (Å²) in [7, 11) is 1.21. The molecule has 0 saturated heterocycles. The van der Waals surface area contributed by atoms with E-state index in [0.29, 0.717) is 0 Å². The van der Waals surface area contributed by atoms with Gasteiger partial charge in [0, 0.05) is 6.20 Å². The summed E-state index contributed by atoms with van der Waals surface area (Å²) in [6.45, 7) is -0.284. The van der Waals surface area contributed by atoms with Crippen molar-refractivity contribution in [2.75, 3.05) is 13.7 Å². The summed E-state index contributed by atoms with van der Waals surface area (Å²) in [5, 5.41) is 2.38. The van der Waals surface area contributed by atoms with Gasteiger partial charge in [-0.3, -0.25) is 9.59 Å². The fourth-order valence-electron chi connectivity index (χ4n) is 0.910. The van der Waals surface area contributed by atoms with Crippen LogP contribution in [0.5, 0.6) is 0 Å². The van der Waals surface area contributed by atoms with E-state index in [1.807, 2.05) is 0 Å². The van der Waals surface area contributed by atoms with Crippen LogP contribution in [0.2, 0.25) is 15.1 Å². The lowest BCUT2D eigenvalue weighted by molar-refractivity contribution is -0.139. The van der Waals surface area contributed by atoms with Crippen molar-refractivity contribution in [3.05, 3.63) is 27.0 Å². The average Bonchev–Trinajstić information content (AvgIpc) is 2.32. The lowest BCUT2D eigenvalue weighted by Crippen LogP contribution is -2.30. The minimum Gasteiger partial charge on any atom is -0.468 e. The molecule has 0 radical (unpaired) electrons. The lowest BCUT2D eigenvalue weighted by Gasteiger charge is -2.06. The maximum absolute atomic E-state index is 11.6. The first-order chi connectivity index (χ1) is 7.97. The van der Waals surface area contributed by atoms with E-state index in [-0.39, 0.29) is 27.3 Å². The Balaban J connectivity index is 2.83. The van der Waals surface area contributed by atoms with Gasteiger partial charge >= 0.3 is 5.97 Å². The Bertz CT molecular complexity index is 465. The summed E-state index contributed by atoms with van der Waals surface area (Å²) >= 11 is 17.2. The van der Waals surface area contributed by atoms with Crippen molar-refractivity contribution in [1.82, 2.24) is 10.3 Å². The minimum absolute atomic E-state index is 0.0338. The number of ether oxygens (including phenoxy) is 1. The smallest absolute Gasteiger partial charge is 0.325 e. The molecule has 8 heteroatoms. The monoisotopic (exact) mass is 296 g/mol. The number of hydrogen-bond donors (Lipinski definition) is 1. The molecule has 92 valence electrons. The zero-order valence-corrected chi connectivity index (χ0v) is 10.9. The normalized spacial score (nSPS) is 9.88. The van der Waals surface area contributed by atoms with Crippen molar-refractivity contribution in [3.8, 4) is 0 Å². The first kappa shape index (κ1) is 14.0. The highest BCUT2D eigenvalue weighted by molar-refractivity contribution is 6.48. The molecular weight excluding hydrogens is 290 g/mol. The molecule has 0 aliphatic carbocycles. The molecule has 17 heavy (non-hydrogen) atoms. The van der Waals surface area contributed by atoms with Crippen LogP contribution in [0.15, 0.2) is 6.20 Å². The van der Waals surface area contributed by atoms with Crippen LogP contribution in [0.3, 0.4) is 0 Å². The molecule has 0 bridgehead atoms. The van der Waals surface area contributed by atoms with Crippen molar-refractivity contribution in [1.29, 1.82) is 0 Å². The first-order valence-electron chi connectivity index (χ1n) is 4.32. The Hall–Kier alpha value is -1.04.